The molecule has 0 radical (unpaired) electrons. The Morgan fingerprint density at radius 2 is 2.23 bits per heavy atom. The first-order chi connectivity index (χ1) is 6.18. The summed E-state index contributed by atoms with van der Waals surface area (Å²) in [7, 11) is 0. The molecule has 2 heterocycles. The predicted molar refractivity (Wildman–Crippen MR) is 62.0 cm³/mol. The third kappa shape index (κ3) is 1.57. The zero-order valence-corrected chi connectivity index (χ0v) is 9.82. The maximum Gasteiger partial charge on any atom is 0.150 e. The van der Waals surface area contributed by atoms with E-state index >= 15 is 0 Å². The Labute approximate surface area is 91.1 Å². The Balaban J connectivity index is 2.68. The largest absolute Gasteiger partial charge is 0.306 e. The van der Waals surface area contributed by atoms with Crippen molar-refractivity contribution in [2.75, 3.05) is 0 Å². The summed E-state index contributed by atoms with van der Waals surface area (Å²) in [6.07, 6.45) is 4.14. The fraction of sp³-hybridized carbons (Fsp3) is 0.300. The van der Waals surface area contributed by atoms with Crippen LogP contribution in [0.3, 0.4) is 0 Å². The van der Waals surface area contributed by atoms with Gasteiger partial charge in [-0.15, -0.1) is 0 Å². The van der Waals surface area contributed by atoms with Crippen LogP contribution < -0.4 is 0 Å². The molecule has 2 rings (SSSR count). The lowest BCUT2D eigenvalue weighted by molar-refractivity contribution is 0.834. The number of hydrogen-bond acceptors (Lipinski definition) is 1. The molecule has 13 heavy (non-hydrogen) atoms. The minimum absolute atomic E-state index is 0.496. The van der Waals surface area contributed by atoms with Crippen LogP contribution in [0.1, 0.15) is 25.5 Å². The normalized spacial score (nSPS) is 11.4. The van der Waals surface area contributed by atoms with Crippen LogP contribution in [0.25, 0.3) is 5.65 Å². The average molecular weight is 286 g/mol. The van der Waals surface area contributed by atoms with Crippen molar-refractivity contribution in [2.45, 2.75) is 19.8 Å². The Morgan fingerprint density at radius 1 is 1.46 bits per heavy atom. The smallest absolute Gasteiger partial charge is 0.150 e. The van der Waals surface area contributed by atoms with E-state index in [1.165, 1.54) is 3.57 Å². The van der Waals surface area contributed by atoms with Crippen molar-refractivity contribution in [3.8, 4) is 0 Å². The molecule has 0 fully saturated rings. The SMILES string of the molecule is CC(C)c1cn2cccc(I)c2n1. The first-order valence-corrected chi connectivity index (χ1v) is 5.39. The summed E-state index contributed by atoms with van der Waals surface area (Å²) in [5, 5.41) is 0. The Bertz CT molecular complexity index is 431. The van der Waals surface area contributed by atoms with Crippen molar-refractivity contribution in [3.05, 3.63) is 33.8 Å². The van der Waals surface area contributed by atoms with Gasteiger partial charge in [-0.25, -0.2) is 4.98 Å². The van der Waals surface area contributed by atoms with Gasteiger partial charge < -0.3 is 4.40 Å². The van der Waals surface area contributed by atoms with Gasteiger partial charge in [0.2, 0.25) is 0 Å². The summed E-state index contributed by atoms with van der Waals surface area (Å²) in [5.74, 6) is 0.496. The van der Waals surface area contributed by atoms with Crippen LogP contribution in [-0.2, 0) is 0 Å². The quantitative estimate of drug-likeness (QED) is 0.736. The van der Waals surface area contributed by atoms with Crippen LogP contribution in [0.4, 0.5) is 0 Å². The van der Waals surface area contributed by atoms with Gasteiger partial charge in [-0.1, -0.05) is 13.8 Å². The summed E-state index contributed by atoms with van der Waals surface area (Å²) < 4.78 is 3.28. The number of aromatic nitrogens is 2. The summed E-state index contributed by atoms with van der Waals surface area (Å²) in [4.78, 5) is 4.57. The van der Waals surface area contributed by atoms with Gasteiger partial charge in [-0.3, -0.25) is 0 Å². The Kier molecular flexibility index (Phi) is 2.27. The predicted octanol–water partition coefficient (Wildman–Crippen LogP) is 3.06. The molecule has 2 nitrogen and oxygen atoms in total. The molecule has 0 bridgehead atoms. The summed E-state index contributed by atoms with van der Waals surface area (Å²) >= 11 is 2.31. The molecule has 0 amide bonds. The lowest BCUT2D eigenvalue weighted by atomic mass is 10.2. The van der Waals surface area contributed by atoms with Crippen molar-refractivity contribution in [3.63, 3.8) is 0 Å². The molecule has 2 aromatic heterocycles. The van der Waals surface area contributed by atoms with Gasteiger partial charge >= 0.3 is 0 Å². The average Bonchev–Trinajstić information content (AvgIpc) is 2.49. The highest BCUT2D eigenvalue weighted by Crippen LogP contribution is 2.17. The van der Waals surface area contributed by atoms with E-state index in [1.54, 1.807) is 0 Å². The molecule has 0 atom stereocenters. The second-order valence-corrected chi connectivity index (χ2v) is 4.57. The first kappa shape index (κ1) is 8.99. The summed E-state index contributed by atoms with van der Waals surface area (Å²) in [5.41, 5.74) is 2.22. The highest BCUT2D eigenvalue weighted by Gasteiger charge is 2.06. The molecule has 0 aliphatic carbocycles. The molecule has 0 N–H and O–H groups in total. The first-order valence-electron chi connectivity index (χ1n) is 4.31. The van der Waals surface area contributed by atoms with E-state index in [2.05, 4.69) is 58.1 Å². The molecule has 0 unspecified atom stereocenters. The zero-order chi connectivity index (χ0) is 9.42. The van der Waals surface area contributed by atoms with Gasteiger partial charge in [-0.05, 0) is 40.6 Å². The van der Waals surface area contributed by atoms with Crippen LogP contribution in [0.2, 0.25) is 0 Å². The zero-order valence-electron chi connectivity index (χ0n) is 7.66. The third-order valence-corrected chi connectivity index (χ3v) is 2.89. The Hall–Kier alpha value is -0.580. The summed E-state index contributed by atoms with van der Waals surface area (Å²) in [6, 6.07) is 4.12. The van der Waals surface area contributed by atoms with Crippen LogP contribution in [-0.4, -0.2) is 9.38 Å². The molecule has 2 aromatic rings. The number of imidazole rings is 1. The molecule has 0 aliphatic heterocycles. The topological polar surface area (TPSA) is 17.3 Å². The van der Waals surface area contributed by atoms with E-state index in [-0.39, 0.29) is 0 Å². The maximum absolute atomic E-state index is 4.57. The molecule has 0 saturated carbocycles. The summed E-state index contributed by atoms with van der Waals surface area (Å²) in [6.45, 7) is 4.32. The van der Waals surface area contributed by atoms with E-state index in [9.17, 15) is 0 Å². The van der Waals surface area contributed by atoms with E-state index in [1.807, 2.05) is 12.3 Å². The number of rotatable bonds is 1. The molecular formula is C10H11IN2. The van der Waals surface area contributed by atoms with Crippen molar-refractivity contribution < 1.29 is 0 Å². The minimum Gasteiger partial charge on any atom is -0.306 e. The van der Waals surface area contributed by atoms with Crippen molar-refractivity contribution in [2.24, 2.45) is 0 Å². The van der Waals surface area contributed by atoms with Gasteiger partial charge in [0.15, 0.2) is 0 Å². The van der Waals surface area contributed by atoms with Crippen LogP contribution >= 0.6 is 22.6 Å². The van der Waals surface area contributed by atoms with Crippen molar-refractivity contribution >= 4 is 28.2 Å². The van der Waals surface area contributed by atoms with Gasteiger partial charge in [0.1, 0.15) is 5.65 Å². The molecule has 0 spiro atoms. The second-order valence-electron chi connectivity index (χ2n) is 3.41. The van der Waals surface area contributed by atoms with Gasteiger partial charge in [-0.2, -0.15) is 0 Å². The van der Waals surface area contributed by atoms with E-state index < -0.39 is 0 Å². The van der Waals surface area contributed by atoms with Gasteiger partial charge in [0.25, 0.3) is 0 Å². The lowest BCUT2D eigenvalue weighted by Crippen LogP contribution is -1.85. The number of hydrogen-bond donors (Lipinski definition) is 0. The van der Waals surface area contributed by atoms with Crippen molar-refractivity contribution in [1.29, 1.82) is 0 Å². The van der Waals surface area contributed by atoms with Crippen LogP contribution in [0, 0.1) is 3.57 Å². The number of halogens is 1. The number of fused-ring (bicyclic) bond motifs is 1. The second kappa shape index (κ2) is 3.29. The molecule has 0 aromatic carbocycles. The molecule has 0 saturated heterocycles. The molecular weight excluding hydrogens is 275 g/mol. The standard InChI is InChI=1S/C10H11IN2/c1-7(2)9-6-13-5-3-4-8(11)10(13)12-9/h3-7H,1-2H3. The minimum atomic E-state index is 0.496. The van der Waals surface area contributed by atoms with Gasteiger partial charge in [0.05, 0.1) is 9.26 Å². The van der Waals surface area contributed by atoms with Crippen LogP contribution in [0.15, 0.2) is 24.5 Å². The monoisotopic (exact) mass is 286 g/mol. The van der Waals surface area contributed by atoms with E-state index in [0.29, 0.717) is 5.92 Å². The maximum atomic E-state index is 4.57. The fourth-order valence-corrected chi connectivity index (χ4v) is 1.88. The van der Waals surface area contributed by atoms with Gasteiger partial charge in [0, 0.05) is 12.4 Å². The highest BCUT2D eigenvalue weighted by molar-refractivity contribution is 14.1. The van der Waals surface area contributed by atoms with E-state index in [4.69, 9.17) is 0 Å². The number of nitrogens with zero attached hydrogens (tertiary/aromatic N) is 2. The highest BCUT2D eigenvalue weighted by atomic mass is 127. The lowest BCUT2D eigenvalue weighted by Gasteiger charge is -1.94. The van der Waals surface area contributed by atoms with Crippen molar-refractivity contribution in [1.82, 2.24) is 9.38 Å². The molecule has 68 valence electrons. The van der Waals surface area contributed by atoms with Crippen LogP contribution in [0.5, 0.6) is 0 Å². The number of pyridine rings is 1. The fourth-order valence-electron chi connectivity index (χ4n) is 1.28. The Morgan fingerprint density at radius 3 is 2.85 bits per heavy atom. The van der Waals surface area contributed by atoms with E-state index in [0.717, 1.165) is 11.3 Å². The third-order valence-electron chi connectivity index (χ3n) is 2.05. The molecule has 0 aliphatic rings. The molecule has 3 heteroatoms.